The molecule has 0 aliphatic rings. The maximum Gasteiger partial charge on any atom is 0.277 e. The second-order valence-corrected chi connectivity index (χ2v) is 5.59. The van der Waals surface area contributed by atoms with Gasteiger partial charge in [0.1, 0.15) is 11.3 Å². The molecule has 0 aromatic carbocycles. The lowest BCUT2D eigenvalue weighted by Crippen LogP contribution is -2.32. The Balaban J connectivity index is 1.78. The molecule has 3 aromatic rings. The molecule has 116 valence electrons. The molecule has 0 fully saturated rings. The summed E-state index contributed by atoms with van der Waals surface area (Å²) in [6.45, 7) is 3.31. The van der Waals surface area contributed by atoms with Crippen molar-refractivity contribution in [2.75, 3.05) is 0 Å². The highest BCUT2D eigenvalue weighted by molar-refractivity contribution is 7.71. The first-order valence-electron chi connectivity index (χ1n) is 6.92. The third-order valence-electron chi connectivity index (χ3n) is 3.55. The first kappa shape index (κ1) is 14.7. The van der Waals surface area contributed by atoms with Crippen molar-refractivity contribution in [1.82, 2.24) is 34.4 Å². The van der Waals surface area contributed by atoms with Gasteiger partial charge in [-0.05, 0) is 19.1 Å². The highest BCUT2D eigenvalue weighted by Gasteiger charge is 2.11. The largest absolute Gasteiger partial charge is 0.339 e. The fourth-order valence-corrected chi connectivity index (χ4v) is 2.58. The summed E-state index contributed by atoms with van der Waals surface area (Å²) in [5, 5.41) is 3.39. The van der Waals surface area contributed by atoms with E-state index in [1.165, 1.54) is 6.33 Å². The second kappa shape index (κ2) is 5.85. The lowest BCUT2D eigenvalue weighted by atomic mass is 10.3. The van der Waals surface area contributed by atoms with Crippen molar-refractivity contribution in [3.05, 3.63) is 39.7 Å². The molecule has 3 rings (SSSR count). The Bertz CT molecular complexity index is 903. The second-order valence-electron chi connectivity index (χ2n) is 5.21. The number of aromatic nitrogens is 6. The molecular weight excluding hydrogens is 302 g/mol. The summed E-state index contributed by atoms with van der Waals surface area (Å²) in [5.74, 6) is 0.960. The molecule has 1 atom stereocenters. The molecule has 0 radical (unpaired) electrons. The maximum atomic E-state index is 11.8. The van der Waals surface area contributed by atoms with Crippen LogP contribution in [0, 0.1) is 4.77 Å². The molecule has 0 saturated carbocycles. The van der Waals surface area contributed by atoms with E-state index >= 15 is 0 Å². The van der Waals surface area contributed by atoms with E-state index in [0.717, 1.165) is 5.82 Å². The van der Waals surface area contributed by atoms with Crippen molar-refractivity contribution < 1.29 is 0 Å². The van der Waals surface area contributed by atoms with Crippen molar-refractivity contribution >= 4 is 23.4 Å². The normalized spacial score (nSPS) is 12.8. The molecule has 3 aromatic heterocycles. The Morgan fingerprint density at radius 3 is 3.00 bits per heavy atom. The molecule has 0 amide bonds. The van der Waals surface area contributed by atoms with Crippen molar-refractivity contribution in [3.63, 3.8) is 0 Å². The first-order valence-corrected chi connectivity index (χ1v) is 7.33. The standard InChI is InChI=1S/C13H17N7OS/c1-8(15-5-9-14-3-4-19(9)2)6-20-11-10(16-7-17-11)12(21)18-13(20)22/h3-4,7-8,15H,5-6H2,1-2H3,(H,16,17)(H,18,21,22). The Labute approximate surface area is 131 Å². The molecule has 1 unspecified atom stereocenters. The zero-order valence-electron chi connectivity index (χ0n) is 12.3. The van der Waals surface area contributed by atoms with Gasteiger partial charge in [-0.3, -0.25) is 14.3 Å². The zero-order chi connectivity index (χ0) is 15.7. The minimum atomic E-state index is -0.248. The Morgan fingerprint density at radius 1 is 1.45 bits per heavy atom. The minimum Gasteiger partial charge on any atom is -0.339 e. The van der Waals surface area contributed by atoms with Crippen LogP contribution in [0.15, 0.2) is 23.5 Å². The number of rotatable bonds is 5. The summed E-state index contributed by atoms with van der Waals surface area (Å²) in [5.41, 5.74) is 0.756. The number of aryl methyl sites for hydroxylation is 1. The van der Waals surface area contributed by atoms with Crippen molar-refractivity contribution in [2.45, 2.75) is 26.1 Å². The molecule has 0 aliphatic heterocycles. The SMILES string of the molecule is CC(Cn1c(=S)[nH]c(=O)c2[nH]cnc21)NCc1nccn1C. The maximum absolute atomic E-state index is 11.8. The molecule has 9 heteroatoms. The van der Waals surface area contributed by atoms with Crippen molar-refractivity contribution in [1.29, 1.82) is 0 Å². The van der Waals surface area contributed by atoms with E-state index in [9.17, 15) is 4.79 Å². The monoisotopic (exact) mass is 319 g/mol. The number of nitrogens with one attached hydrogen (secondary N) is 3. The van der Waals surface area contributed by atoms with Crippen LogP contribution in [0.1, 0.15) is 12.7 Å². The van der Waals surface area contributed by atoms with Gasteiger partial charge in [0.25, 0.3) is 5.56 Å². The summed E-state index contributed by atoms with van der Waals surface area (Å²) in [6, 6.07) is 0.134. The number of aromatic amines is 2. The topological polar surface area (TPSA) is 96.3 Å². The lowest BCUT2D eigenvalue weighted by molar-refractivity contribution is 0.465. The van der Waals surface area contributed by atoms with E-state index in [-0.39, 0.29) is 11.6 Å². The highest BCUT2D eigenvalue weighted by atomic mass is 32.1. The van der Waals surface area contributed by atoms with Crippen LogP contribution in [0.5, 0.6) is 0 Å². The average Bonchev–Trinajstić information content (AvgIpc) is 3.10. The van der Waals surface area contributed by atoms with E-state index in [1.54, 1.807) is 6.20 Å². The van der Waals surface area contributed by atoms with Crippen LogP contribution in [-0.4, -0.2) is 35.1 Å². The van der Waals surface area contributed by atoms with Crippen LogP contribution >= 0.6 is 12.2 Å². The van der Waals surface area contributed by atoms with E-state index in [0.29, 0.717) is 29.0 Å². The minimum absolute atomic E-state index is 0.134. The smallest absolute Gasteiger partial charge is 0.277 e. The van der Waals surface area contributed by atoms with E-state index in [4.69, 9.17) is 12.2 Å². The molecular formula is C13H17N7OS. The molecule has 0 saturated heterocycles. The summed E-state index contributed by atoms with van der Waals surface area (Å²) in [7, 11) is 1.96. The van der Waals surface area contributed by atoms with Gasteiger partial charge in [-0.15, -0.1) is 0 Å². The van der Waals surface area contributed by atoms with E-state index < -0.39 is 0 Å². The van der Waals surface area contributed by atoms with Crippen molar-refractivity contribution in [2.24, 2.45) is 7.05 Å². The fraction of sp³-hybridized carbons (Fsp3) is 0.385. The fourth-order valence-electron chi connectivity index (χ4n) is 2.32. The van der Waals surface area contributed by atoms with Gasteiger partial charge in [-0.2, -0.15) is 0 Å². The quantitative estimate of drug-likeness (QED) is 0.601. The van der Waals surface area contributed by atoms with Crippen LogP contribution in [0.4, 0.5) is 0 Å². The Kier molecular flexibility index (Phi) is 3.90. The van der Waals surface area contributed by atoms with Crippen LogP contribution in [0.3, 0.4) is 0 Å². The molecule has 3 heterocycles. The summed E-state index contributed by atoms with van der Waals surface area (Å²) in [4.78, 5) is 25.7. The van der Waals surface area contributed by atoms with Crippen LogP contribution < -0.4 is 10.9 Å². The third kappa shape index (κ3) is 2.72. The highest BCUT2D eigenvalue weighted by Crippen LogP contribution is 2.06. The van der Waals surface area contributed by atoms with Gasteiger partial charge in [-0.1, -0.05) is 0 Å². The Hall–Kier alpha value is -2.26. The summed E-state index contributed by atoms with van der Waals surface area (Å²) >= 11 is 5.25. The van der Waals surface area contributed by atoms with Gasteiger partial charge in [0.05, 0.1) is 12.9 Å². The van der Waals surface area contributed by atoms with Gasteiger partial charge < -0.3 is 14.9 Å². The van der Waals surface area contributed by atoms with Gasteiger partial charge in [0.2, 0.25) is 0 Å². The summed E-state index contributed by atoms with van der Waals surface area (Å²) < 4.78 is 4.16. The lowest BCUT2D eigenvalue weighted by Gasteiger charge is -2.16. The molecule has 8 nitrogen and oxygen atoms in total. The van der Waals surface area contributed by atoms with Crippen LogP contribution in [0.25, 0.3) is 11.2 Å². The van der Waals surface area contributed by atoms with Crippen LogP contribution in [-0.2, 0) is 20.1 Å². The van der Waals surface area contributed by atoms with Gasteiger partial charge in [0, 0.05) is 32.0 Å². The summed E-state index contributed by atoms with van der Waals surface area (Å²) in [6.07, 6.45) is 5.18. The Morgan fingerprint density at radius 2 is 2.27 bits per heavy atom. The van der Waals surface area contributed by atoms with Crippen molar-refractivity contribution in [3.8, 4) is 0 Å². The number of H-pyrrole nitrogens is 2. The molecule has 0 bridgehead atoms. The number of fused-ring (bicyclic) bond motifs is 1. The van der Waals surface area contributed by atoms with E-state index in [2.05, 4.69) is 25.3 Å². The third-order valence-corrected chi connectivity index (χ3v) is 3.88. The molecule has 22 heavy (non-hydrogen) atoms. The molecule has 0 aliphatic carbocycles. The number of imidazole rings is 2. The van der Waals surface area contributed by atoms with Gasteiger partial charge >= 0.3 is 0 Å². The van der Waals surface area contributed by atoms with E-state index in [1.807, 2.05) is 29.3 Å². The molecule has 3 N–H and O–H groups in total. The predicted octanol–water partition coefficient (Wildman–Crippen LogP) is 0.694. The number of hydrogen-bond donors (Lipinski definition) is 3. The first-order chi connectivity index (χ1) is 10.6. The molecule has 0 spiro atoms. The van der Waals surface area contributed by atoms with Crippen LogP contribution in [0.2, 0.25) is 0 Å². The predicted molar refractivity (Wildman–Crippen MR) is 85.0 cm³/mol. The average molecular weight is 319 g/mol. The zero-order valence-corrected chi connectivity index (χ0v) is 13.1. The number of hydrogen-bond acceptors (Lipinski definition) is 5. The van der Waals surface area contributed by atoms with Gasteiger partial charge in [0.15, 0.2) is 10.4 Å². The number of nitrogens with zero attached hydrogens (tertiary/aromatic N) is 4. The van der Waals surface area contributed by atoms with Gasteiger partial charge in [-0.25, -0.2) is 9.97 Å².